The van der Waals surface area contributed by atoms with Crippen LogP contribution in [0.2, 0.25) is 5.15 Å². The first kappa shape index (κ1) is 19.4. The van der Waals surface area contributed by atoms with Crippen molar-refractivity contribution in [2.45, 2.75) is 32.6 Å². The number of hydrogen-bond acceptors (Lipinski definition) is 8. The molecule has 2 aromatic rings. The number of nitrogen functional groups attached to an aromatic ring is 1. The van der Waals surface area contributed by atoms with Crippen LogP contribution < -0.4 is 62.2 Å². The van der Waals surface area contributed by atoms with E-state index in [1.807, 2.05) is 0 Å². The molecular formula is C13H13ClKN5O4. The molecule has 2 N–H and O–H groups in total. The van der Waals surface area contributed by atoms with E-state index in [1.165, 1.54) is 20.2 Å². The van der Waals surface area contributed by atoms with Gasteiger partial charge < -0.3 is 24.9 Å². The standard InChI is InChI=1S/C13H14ClN5O4.K/c1-13(2)22-10(20)6(11(21)23-13)3-4-19-5-16-7-8(14)17-12(15)18-9(7)19;/h5,20H,3-4H2,1-2H3,(H2,15,17,18);/q;+1/p-1. The first-order chi connectivity index (χ1) is 10.8. The molecule has 0 atom stereocenters. The zero-order chi connectivity index (χ0) is 16.8. The molecule has 0 fully saturated rings. The fraction of sp³-hybridized carbons (Fsp3) is 0.385. The number of ether oxygens (including phenoxy) is 2. The fourth-order valence-electron chi connectivity index (χ4n) is 2.20. The summed E-state index contributed by atoms with van der Waals surface area (Å²) in [4.78, 5) is 23.9. The van der Waals surface area contributed by atoms with Crippen LogP contribution >= 0.6 is 11.6 Å². The van der Waals surface area contributed by atoms with Crippen molar-refractivity contribution >= 4 is 34.7 Å². The topological polar surface area (TPSA) is 128 Å². The summed E-state index contributed by atoms with van der Waals surface area (Å²) in [6.45, 7) is 3.23. The Kier molecular flexibility index (Phi) is 5.77. The van der Waals surface area contributed by atoms with Gasteiger partial charge in [0.1, 0.15) is 5.52 Å². The number of aromatic nitrogens is 4. The van der Waals surface area contributed by atoms with Gasteiger partial charge in [-0.3, -0.25) is 0 Å². The Balaban J connectivity index is 0.00000208. The predicted octanol–water partition coefficient (Wildman–Crippen LogP) is -2.66. The molecule has 0 saturated heterocycles. The number of halogens is 1. The molecule has 0 spiro atoms. The number of nitrogens with zero attached hydrogens (tertiary/aromatic N) is 4. The second-order valence-corrected chi connectivity index (χ2v) is 5.75. The minimum Gasteiger partial charge on any atom is -0.575 e. The van der Waals surface area contributed by atoms with E-state index in [0.29, 0.717) is 11.2 Å². The van der Waals surface area contributed by atoms with Crippen molar-refractivity contribution < 1.29 is 70.8 Å². The Morgan fingerprint density at radius 1 is 1.38 bits per heavy atom. The van der Waals surface area contributed by atoms with Crippen LogP contribution in [0.15, 0.2) is 17.8 Å². The van der Waals surface area contributed by atoms with Crippen molar-refractivity contribution in [1.82, 2.24) is 19.5 Å². The van der Waals surface area contributed by atoms with Gasteiger partial charge in [-0.15, -0.1) is 0 Å². The molecule has 0 aromatic carbocycles. The smallest absolute Gasteiger partial charge is 0.575 e. The number of esters is 1. The number of fused-ring (bicyclic) bond motifs is 1. The maximum Gasteiger partial charge on any atom is 1.00 e. The summed E-state index contributed by atoms with van der Waals surface area (Å²) in [5, 5.41) is 12.0. The number of nitrogens with two attached hydrogens (primary N) is 1. The molecule has 2 aromatic heterocycles. The number of carbonyl (C=O) groups is 1. The first-order valence-electron chi connectivity index (χ1n) is 6.73. The molecule has 3 rings (SSSR count). The number of carbonyl (C=O) groups excluding carboxylic acids is 1. The molecule has 0 aliphatic carbocycles. The molecule has 1 aliphatic heterocycles. The first-order valence-corrected chi connectivity index (χ1v) is 7.11. The van der Waals surface area contributed by atoms with Crippen molar-refractivity contribution in [2.24, 2.45) is 0 Å². The molecule has 122 valence electrons. The van der Waals surface area contributed by atoms with Gasteiger partial charge in [0.2, 0.25) is 5.95 Å². The maximum atomic E-state index is 11.9. The van der Waals surface area contributed by atoms with Gasteiger partial charge in [-0.2, -0.15) is 9.97 Å². The van der Waals surface area contributed by atoms with Crippen molar-refractivity contribution in [2.75, 3.05) is 5.73 Å². The van der Waals surface area contributed by atoms with Crippen molar-refractivity contribution in [3.05, 3.63) is 23.0 Å². The fourth-order valence-corrected chi connectivity index (χ4v) is 2.42. The summed E-state index contributed by atoms with van der Waals surface area (Å²) in [6, 6.07) is 0. The van der Waals surface area contributed by atoms with E-state index in [2.05, 4.69) is 15.0 Å². The van der Waals surface area contributed by atoms with Crippen LogP contribution in [0.25, 0.3) is 11.2 Å². The number of hydrogen-bond donors (Lipinski definition) is 1. The summed E-state index contributed by atoms with van der Waals surface area (Å²) >= 11 is 5.94. The van der Waals surface area contributed by atoms with Crippen LogP contribution in [-0.4, -0.2) is 31.3 Å². The van der Waals surface area contributed by atoms with Crippen molar-refractivity contribution in [3.63, 3.8) is 0 Å². The Bertz CT molecular complexity index is 835. The number of aryl methyl sites for hydroxylation is 1. The monoisotopic (exact) mass is 377 g/mol. The van der Waals surface area contributed by atoms with E-state index in [4.69, 9.17) is 26.8 Å². The molecule has 0 unspecified atom stereocenters. The number of cyclic esters (lactones) is 1. The predicted molar refractivity (Wildman–Crippen MR) is 77.6 cm³/mol. The van der Waals surface area contributed by atoms with Gasteiger partial charge in [-0.25, -0.2) is 9.78 Å². The number of rotatable bonds is 3. The second-order valence-electron chi connectivity index (χ2n) is 5.39. The van der Waals surface area contributed by atoms with Gasteiger partial charge in [0.15, 0.2) is 16.6 Å². The van der Waals surface area contributed by atoms with E-state index < -0.39 is 17.7 Å². The van der Waals surface area contributed by atoms with Gasteiger partial charge in [-0.1, -0.05) is 11.6 Å². The molecule has 0 saturated carbocycles. The van der Waals surface area contributed by atoms with Crippen LogP contribution in [0, 0.1) is 0 Å². The molecule has 0 amide bonds. The van der Waals surface area contributed by atoms with Gasteiger partial charge in [0, 0.05) is 6.54 Å². The largest absolute Gasteiger partial charge is 1.00 e. The molecule has 9 nitrogen and oxygen atoms in total. The SMILES string of the molecule is CC1(C)OC(=O)C(CCn2cnc3c(Cl)nc(N)nc32)=C([O-])O1.[K+]. The van der Waals surface area contributed by atoms with E-state index in [9.17, 15) is 9.90 Å². The summed E-state index contributed by atoms with van der Waals surface area (Å²) in [7, 11) is 0. The van der Waals surface area contributed by atoms with E-state index in [-0.39, 0.29) is 81.0 Å². The zero-order valence-corrected chi connectivity index (χ0v) is 17.2. The van der Waals surface area contributed by atoms with Crippen LogP contribution in [0.3, 0.4) is 0 Å². The summed E-state index contributed by atoms with van der Waals surface area (Å²) < 4.78 is 11.7. The van der Waals surface area contributed by atoms with Crippen LogP contribution in [0.1, 0.15) is 20.3 Å². The van der Waals surface area contributed by atoms with Crippen LogP contribution in [-0.2, 0) is 20.8 Å². The summed E-state index contributed by atoms with van der Waals surface area (Å²) in [5.74, 6) is -2.63. The Hall–Kier alpha value is -0.914. The molecule has 0 radical (unpaired) electrons. The minimum atomic E-state index is -1.26. The second kappa shape index (κ2) is 7.14. The Morgan fingerprint density at radius 3 is 2.75 bits per heavy atom. The normalized spacial score (nSPS) is 16.5. The van der Waals surface area contributed by atoms with E-state index >= 15 is 0 Å². The maximum absolute atomic E-state index is 11.9. The quantitative estimate of drug-likeness (QED) is 0.348. The van der Waals surface area contributed by atoms with Gasteiger partial charge in [0.25, 0.3) is 0 Å². The molecule has 1 aliphatic rings. The summed E-state index contributed by atoms with van der Waals surface area (Å²) in [6.07, 6.45) is 1.58. The third-order valence-corrected chi connectivity index (χ3v) is 3.47. The molecule has 24 heavy (non-hydrogen) atoms. The van der Waals surface area contributed by atoms with Crippen molar-refractivity contribution in [3.8, 4) is 0 Å². The molecular weight excluding hydrogens is 365 g/mol. The molecule has 11 heteroatoms. The zero-order valence-electron chi connectivity index (χ0n) is 13.4. The van der Waals surface area contributed by atoms with Crippen LogP contribution in [0.5, 0.6) is 0 Å². The van der Waals surface area contributed by atoms with Gasteiger partial charge >= 0.3 is 57.4 Å². The average Bonchev–Trinajstić information content (AvgIpc) is 2.79. The van der Waals surface area contributed by atoms with Crippen molar-refractivity contribution in [1.29, 1.82) is 0 Å². The Labute approximate surface area is 184 Å². The molecule has 3 heterocycles. The van der Waals surface area contributed by atoms with E-state index in [0.717, 1.165) is 0 Å². The molecule has 0 bridgehead atoms. The third kappa shape index (κ3) is 3.84. The van der Waals surface area contributed by atoms with Gasteiger partial charge in [-0.05, 0) is 20.3 Å². The van der Waals surface area contributed by atoms with Crippen LogP contribution in [0.4, 0.5) is 5.95 Å². The number of imidazole rings is 1. The average molecular weight is 378 g/mol. The Morgan fingerprint density at radius 2 is 2.08 bits per heavy atom. The summed E-state index contributed by atoms with van der Waals surface area (Å²) in [5.41, 5.74) is 6.30. The van der Waals surface area contributed by atoms with Gasteiger partial charge in [0.05, 0.1) is 17.8 Å². The van der Waals surface area contributed by atoms with E-state index in [1.54, 1.807) is 4.57 Å². The third-order valence-electron chi connectivity index (χ3n) is 3.21. The number of anilines is 1. The minimum absolute atomic E-state index is 0.